The molecule has 0 radical (unpaired) electrons. The molecule has 0 aromatic carbocycles. The first-order chi connectivity index (χ1) is 9.65. The van der Waals surface area contributed by atoms with Crippen LogP contribution in [-0.4, -0.2) is 41.8 Å². The zero-order valence-corrected chi connectivity index (χ0v) is 12.8. The summed E-state index contributed by atoms with van der Waals surface area (Å²) in [6, 6.07) is -1.83. The average Bonchev–Trinajstić information content (AvgIpc) is 2.76. The minimum Gasteiger partial charge on any atom is -0.465 e. The molecule has 1 aliphatic carbocycles. The van der Waals surface area contributed by atoms with Crippen molar-refractivity contribution in [2.24, 2.45) is 22.6 Å². The molecule has 1 saturated carbocycles. The fourth-order valence-electron chi connectivity index (χ4n) is 3.19. The van der Waals surface area contributed by atoms with E-state index < -0.39 is 40.6 Å². The molecule has 0 saturated heterocycles. The summed E-state index contributed by atoms with van der Waals surface area (Å²) in [5.41, 5.74) is 14.2. The number of ketones is 2. The Kier molecular flexibility index (Phi) is 5.25. The number of nitrogens with two attached hydrogens (primary N) is 3. The number of Topliss-reactive ketones (excluding diaryl/α,β-unsaturated/α-hetero) is 2. The van der Waals surface area contributed by atoms with Gasteiger partial charge >= 0.3 is 5.97 Å². The summed E-state index contributed by atoms with van der Waals surface area (Å²) in [6.07, 6.45) is 0.831. The zero-order valence-electron chi connectivity index (χ0n) is 12.8. The van der Waals surface area contributed by atoms with Gasteiger partial charge in [0.1, 0.15) is 11.0 Å². The van der Waals surface area contributed by atoms with E-state index in [1.165, 1.54) is 13.8 Å². The third-order valence-corrected chi connectivity index (χ3v) is 4.19. The van der Waals surface area contributed by atoms with Crippen LogP contribution in [0.2, 0.25) is 0 Å². The van der Waals surface area contributed by atoms with Crippen molar-refractivity contribution in [1.82, 2.24) is 0 Å². The molecule has 7 nitrogen and oxygen atoms in total. The highest BCUT2D eigenvalue weighted by atomic mass is 16.5. The van der Waals surface area contributed by atoms with Gasteiger partial charge in [0.2, 0.25) is 0 Å². The molecule has 0 aromatic rings. The summed E-state index contributed by atoms with van der Waals surface area (Å²) in [6.45, 7) is 4.70. The van der Waals surface area contributed by atoms with E-state index in [0.29, 0.717) is 6.42 Å². The fraction of sp³-hybridized carbons (Fsp3) is 0.786. The normalized spacial score (nSPS) is 31.5. The number of ether oxygens (including phenoxy) is 1. The summed E-state index contributed by atoms with van der Waals surface area (Å²) < 4.78 is 4.99. The molecule has 7 heteroatoms. The summed E-state index contributed by atoms with van der Waals surface area (Å²) in [5.74, 6) is -1.83. The van der Waals surface area contributed by atoms with Gasteiger partial charge in [-0.3, -0.25) is 14.4 Å². The van der Waals surface area contributed by atoms with Crippen molar-refractivity contribution in [3.05, 3.63) is 0 Å². The van der Waals surface area contributed by atoms with Crippen molar-refractivity contribution < 1.29 is 19.1 Å². The van der Waals surface area contributed by atoms with Crippen molar-refractivity contribution in [2.45, 2.75) is 57.7 Å². The maximum Gasteiger partial charge on any atom is 0.327 e. The number of carbonyl (C=O) groups excluding carboxylic acids is 3. The lowest BCUT2D eigenvalue weighted by Crippen LogP contribution is -2.68. The molecule has 21 heavy (non-hydrogen) atoms. The van der Waals surface area contributed by atoms with E-state index in [9.17, 15) is 14.4 Å². The SMILES string of the molecule is CCOC(=O)C1(N)CCCC1(C(=O)C(C)N)C(=O)C(C)N. The Bertz CT molecular complexity index is 428. The standard InChI is InChI=1S/C14H25N3O4/c1-4-21-12(20)14(17)7-5-6-13(14,10(18)8(2)15)11(19)9(3)16/h8-9H,4-7,15-17H2,1-3H3. The van der Waals surface area contributed by atoms with E-state index in [4.69, 9.17) is 21.9 Å². The third kappa shape index (κ3) is 2.61. The Morgan fingerprint density at radius 2 is 1.57 bits per heavy atom. The highest BCUT2D eigenvalue weighted by Gasteiger charge is 2.66. The molecule has 1 rings (SSSR count). The molecule has 0 heterocycles. The van der Waals surface area contributed by atoms with Gasteiger partial charge in [0, 0.05) is 0 Å². The second-order valence-corrected chi connectivity index (χ2v) is 5.76. The maximum atomic E-state index is 12.6. The summed E-state index contributed by atoms with van der Waals surface area (Å²) in [5, 5.41) is 0. The third-order valence-electron chi connectivity index (χ3n) is 4.19. The van der Waals surface area contributed by atoms with E-state index in [2.05, 4.69) is 0 Å². The minimum absolute atomic E-state index is 0.118. The lowest BCUT2D eigenvalue weighted by atomic mass is 9.63. The minimum atomic E-state index is -1.70. The summed E-state index contributed by atoms with van der Waals surface area (Å²) in [4.78, 5) is 37.6. The summed E-state index contributed by atoms with van der Waals surface area (Å²) in [7, 11) is 0. The molecule has 1 aliphatic rings. The molecule has 0 aliphatic heterocycles. The first-order valence-corrected chi connectivity index (χ1v) is 7.21. The van der Waals surface area contributed by atoms with Crippen molar-refractivity contribution in [1.29, 1.82) is 0 Å². The van der Waals surface area contributed by atoms with Crippen molar-refractivity contribution in [2.75, 3.05) is 6.61 Å². The molecule has 3 atom stereocenters. The molecule has 0 bridgehead atoms. The second kappa shape index (κ2) is 6.21. The van der Waals surface area contributed by atoms with E-state index in [0.717, 1.165) is 0 Å². The van der Waals surface area contributed by atoms with Crippen molar-refractivity contribution in [3.63, 3.8) is 0 Å². The topological polar surface area (TPSA) is 138 Å². The van der Waals surface area contributed by atoms with Crippen LogP contribution in [0.3, 0.4) is 0 Å². The molecule has 0 spiro atoms. The van der Waals surface area contributed by atoms with Gasteiger partial charge in [0.05, 0.1) is 18.7 Å². The van der Waals surface area contributed by atoms with Gasteiger partial charge in [-0.25, -0.2) is 0 Å². The van der Waals surface area contributed by atoms with E-state index in [-0.39, 0.29) is 19.4 Å². The van der Waals surface area contributed by atoms with E-state index in [1.807, 2.05) is 0 Å². The van der Waals surface area contributed by atoms with Crippen LogP contribution < -0.4 is 17.2 Å². The lowest BCUT2D eigenvalue weighted by Gasteiger charge is -2.40. The first-order valence-electron chi connectivity index (χ1n) is 7.21. The molecule has 6 N–H and O–H groups in total. The van der Waals surface area contributed by atoms with Crippen LogP contribution in [-0.2, 0) is 19.1 Å². The number of esters is 1. The molecule has 3 unspecified atom stereocenters. The van der Waals surface area contributed by atoms with Crippen LogP contribution in [0.5, 0.6) is 0 Å². The predicted molar refractivity (Wildman–Crippen MR) is 77.1 cm³/mol. The number of hydrogen-bond acceptors (Lipinski definition) is 7. The number of hydrogen-bond donors (Lipinski definition) is 3. The van der Waals surface area contributed by atoms with E-state index in [1.54, 1.807) is 6.92 Å². The molecule has 120 valence electrons. The van der Waals surface area contributed by atoms with Gasteiger partial charge in [-0.1, -0.05) is 0 Å². The highest BCUT2D eigenvalue weighted by molar-refractivity contribution is 6.16. The molecule has 0 amide bonds. The molecule has 1 fully saturated rings. The van der Waals surface area contributed by atoms with Crippen LogP contribution in [0.15, 0.2) is 0 Å². The van der Waals surface area contributed by atoms with Gasteiger partial charge in [-0.2, -0.15) is 0 Å². The van der Waals surface area contributed by atoms with Crippen molar-refractivity contribution >= 4 is 17.5 Å². The van der Waals surface area contributed by atoms with Crippen LogP contribution >= 0.6 is 0 Å². The average molecular weight is 299 g/mol. The second-order valence-electron chi connectivity index (χ2n) is 5.76. The fourth-order valence-corrected chi connectivity index (χ4v) is 3.19. The van der Waals surface area contributed by atoms with Crippen LogP contribution in [0.4, 0.5) is 0 Å². The maximum absolute atomic E-state index is 12.6. The zero-order chi connectivity index (χ0) is 16.4. The van der Waals surface area contributed by atoms with Gasteiger partial charge in [0.25, 0.3) is 0 Å². The van der Waals surface area contributed by atoms with Gasteiger partial charge in [-0.15, -0.1) is 0 Å². The molecular weight excluding hydrogens is 274 g/mol. The summed E-state index contributed by atoms with van der Waals surface area (Å²) >= 11 is 0. The smallest absolute Gasteiger partial charge is 0.327 e. The Balaban J connectivity index is 3.44. The van der Waals surface area contributed by atoms with Crippen LogP contribution in [0.25, 0.3) is 0 Å². The lowest BCUT2D eigenvalue weighted by molar-refractivity contribution is -0.163. The molecule has 0 aromatic heterocycles. The largest absolute Gasteiger partial charge is 0.465 e. The van der Waals surface area contributed by atoms with Gasteiger partial charge < -0.3 is 21.9 Å². The van der Waals surface area contributed by atoms with E-state index >= 15 is 0 Å². The predicted octanol–water partition coefficient (Wildman–Crippen LogP) is -0.750. The van der Waals surface area contributed by atoms with Crippen LogP contribution in [0, 0.1) is 5.41 Å². The Morgan fingerprint density at radius 3 is 1.95 bits per heavy atom. The monoisotopic (exact) mass is 299 g/mol. The number of carbonyl (C=O) groups is 3. The first kappa shape index (κ1) is 17.7. The molecular formula is C14H25N3O4. The number of rotatable bonds is 6. The Labute approximate surface area is 124 Å². The van der Waals surface area contributed by atoms with Crippen molar-refractivity contribution in [3.8, 4) is 0 Å². The highest BCUT2D eigenvalue weighted by Crippen LogP contribution is 2.48. The van der Waals surface area contributed by atoms with Crippen LogP contribution in [0.1, 0.15) is 40.0 Å². The Morgan fingerprint density at radius 1 is 1.10 bits per heavy atom. The van der Waals surface area contributed by atoms with Gasteiger partial charge in [-0.05, 0) is 40.0 Å². The van der Waals surface area contributed by atoms with Gasteiger partial charge in [0.15, 0.2) is 11.6 Å². The Hall–Kier alpha value is -1.31. The quantitative estimate of drug-likeness (QED) is 0.433.